The van der Waals surface area contributed by atoms with Crippen LogP contribution in [0.25, 0.3) is 0 Å². The summed E-state index contributed by atoms with van der Waals surface area (Å²) in [6.45, 7) is 0. The third-order valence-electron chi connectivity index (χ3n) is 2.55. The van der Waals surface area contributed by atoms with Gasteiger partial charge in [0.2, 0.25) is 0 Å². The van der Waals surface area contributed by atoms with Crippen LogP contribution in [-0.2, 0) is 0 Å². The first kappa shape index (κ1) is 13.8. The van der Waals surface area contributed by atoms with Crippen LogP contribution in [0.15, 0.2) is 53.0 Å². The topological polar surface area (TPSA) is 69.6 Å². The number of carbonyl (C=O) groups excluding carboxylic acids is 1. The standard InChI is InChI=1S/C13H11BBrNO3/c15-11-4-6-12(7-5-11)16-13(17)9-2-1-3-10(8-9)14(18)19/h1-8,18-19H,(H,16,17). The number of rotatable bonds is 3. The summed E-state index contributed by atoms with van der Waals surface area (Å²) in [7, 11) is -1.58. The second kappa shape index (κ2) is 6.01. The van der Waals surface area contributed by atoms with Crippen LogP contribution < -0.4 is 10.8 Å². The average molecular weight is 320 g/mol. The molecule has 0 fully saturated rings. The van der Waals surface area contributed by atoms with Crippen molar-refractivity contribution in [2.45, 2.75) is 0 Å². The van der Waals surface area contributed by atoms with Crippen molar-refractivity contribution in [3.05, 3.63) is 58.6 Å². The zero-order valence-electron chi connectivity index (χ0n) is 9.88. The van der Waals surface area contributed by atoms with Crippen LogP contribution in [0.2, 0.25) is 0 Å². The normalized spacial score (nSPS) is 10.1. The van der Waals surface area contributed by atoms with Crippen LogP contribution in [0.3, 0.4) is 0 Å². The molecule has 0 aliphatic rings. The summed E-state index contributed by atoms with van der Waals surface area (Å²) in [4.78, 5) is 12.0. The molecule has 2 aromatic rings. The van der Waals surface area contributed by atoms with Crippen molar-refractivity contribution in [1.29, 1.82) is 0 Å². The van der Waals surface area contributed by atoms with Crippen molar-refractivity contribution in [3.63, 3.8) is 0 Å². The van der Waals surface area contributed by atoms with E-state index in [1.54, 1.807) is 30.3 Å². The minimum atomic E-state index is -1.58. The van der Waals surface area contributed by atoms with Crippen LogP contribution in [0.5, 0.6) is 0 Å². The van der Waals surface area contributed by atoms with Gasteiger partial charge < -0.3 is 15.4 Å². The highest BCUT2D eigenvalue weighted by molar-refractivity contribution is 9.10. The number of carbonyl (C=O) groups is 1. The predicted octanol–water partition coefficient (Wildman–Crippen LogP) is 1.38. The molecular formula is C13H11BBrNO3. The van der Waals surface area contributed by atoms with Gasteiger partial charge in [0.25, 0.3) is 5.91 Å². The zero-order chi connectivity index (χ0) is 13.8. The Hall–Kier alpha value is -1.63. The van der Waals surface area contributed by atoms with Gasteiger partial charge in [-0.25, -0.2) is 0 Å². The monoisotopic (exact) mass is 319 g/mol. The first-order chi connectivity index (χ1) is 9.06. The van der Waals surface area contributed by atoms with Gasteiger partial charge in [-0.2, -0.15) is 0 Å². The molecule has 0 spiro atoms. The maximum absolute atomic E-state index is 12.0. The first-order valence-corrected chi connectivity index (χ1v) is 6.38. The van der Waals surface area contributed by atoms with Crippen molar-refractivity contribution in [2.24, 2.45) is 0 Å². The van der Waals surface area contributed by atoms with Crippen molar-refractivity contribution < 1.29 is 14.8 Å². The van der Waals surface area contributed by atoms with Crippen LogP contribution in [0.1, 0.15) is 10.4 Å². The molecule has 0 unspecified atom stereocenters. The molecule has 0 saturated heterocycles. The molecule has 0 heterocycles. The van der Waals surface area contributed by atoms with E-state index in [1.807, 2.05) is 12.1 Å². The second-order valence-corrected chi connectivity index (χ2v) is 4.88. The van der Waals surface area contributed by atoms with Gasteiger partial charge in [0.15, 0.2) is 0 Å². The highest BCUT2D eigenvalue weighted by Gasteiger charge is 2.13. The molecule has 0 bridgehead atoms. The van der Waals surface area contributed by atoms with Gasteiger partial charge in [-0.05, 0) is 41.9 Å². The Morgan fingerprint density at radius 2 is 1.79 bits per heavy atom. The molecule has 0 aromatic heterocycles. The molecule has 0 saturated carbocycles. The number of halogens is 1. The summed E-state index contributed by atoms with van der Waals surface area (Å²) in [5.74, 6) is -0.301. The maximum Gasteiger partial charge on any atom is 0.488 e. The van der Waals surface area contributed by atoms with Crippen LogP contribution in [0.4, 0.5) is 5.69 Å². The SMILES string of the molecule is O=C(Nc1ccc(Br)cc1)c1cccc(B(O)O)c1. The molecule has 3 N–H and O–H groups in total. The fourth-order valence-electron chi connectivity index (χ4n) is 1.58. The first-order valence-electron chi connectivity index (χ1n) is 5.59. The quantitative estimate of drug-likeness (QED) is 0.749. The van der Waals surface area contributed by atoms with Crippen LogP contribution in [-0.4, -0.2) is 23.1 Å². The Morgan fingerprint density at radius 1 is 1.11 bits per heavy atom. The van der Waals surface area contributed by atoms with Gasteiger partial charge in [0.1, 0.15) is 0 Å². The summed E-state index contributed by atoms with van der Waals surface area (Å²) in [5, 5.41) is 20.9. The number of amides is 1. The molecule has 0 radical (unpaired) electrons. The summed E-state index contributed by atoms with van der Waals surface area (Å²) in [5.41, 5.74) is 1.32. The number of nitrogens with one attached hydrogen (secondary N) is 1. The lowest BCUT2D eigenvalue weighted by molar-refractivity contribution is 0.102. The van der Waals surface area contributed by atoms with E-state index in [9.17, 15) is 4.79 Å². The summed E-state index contributed by atoms with van der Waals surface area (Å²) in [6.07, 6.45) is 0. The minimum Gasteiger partial charge on any atom is -0.423 e. The Morgan fingerprint density at radius 3 is 2.42 bits per heavy atom. The van der Waals surface area contributed by atoms with E-state index < -0.39 is 7.12 Å². The predicted molar refractivity (Wildman–Crippen MR) is 78.4 cm³/mol. The smallest absolute Gasteiger partial charge is 0.423 e. The lowest BCUT2D eigenvalue weighted by Gasteiger charge is -2.07. The van der Waals surface area contributed by atoms with Crippen molar-refractivity contribution in [1.82, 2.24) is 0 Å². The lowest BCUT2D eigenvalue weighted by Crippen LogP contribution is -2.30. The molecule has 19 heavy (non-hydrogen) atoms. The molecule has 1 amide bonds. The molecule has 0 atom stereocenters. The summed E-state index contributed by atoms with van der Waals surface area (Å²) in [6, 6.07) is 13.4. The number of hydrogen-bond donors (Lipinski definition) is 3. The maximum atomic E-state index is 12.0. The van der Waals surface area contributed by atoms with E-state index in [2.05, 4.69) is 21.2 Å². The zero-order valence-corrected chi connectivity index (χ0v) is 11.5. The molecule has 96 valence electrons. The Kier molecular flexibility index (Phi) is 4.37. The van der Waals surface area contributed by atoms with Gasteiger partial charge >= 0.3 is 7.12 Å². The van der Waals surface area contributed by atoms with E-state index in [0.717, 1.165) is 4.47 Å². The van der Waals surface area contributed by atoms with Crippen molar-refractivity contribution >= 4 is 40.1 Å². The molecule has 0 aliphatic heterocycles. The van der Waals surface area contributed by atoms with Gasteiger partial charge in [0.05, 0.1) is 0 Å². The van der Waals surface area contributed by atoms with Crippen LogP contribution >= 0.6 is 15.9 Å². The highest BCUT2D eigenvalue weighted by atomic mass is 79.9. The van der Waals surface area contributed by atoms with E-state index in [0.29, 0.717) is 11.3 Å². The van der Waals surface area contributed by atoms with E-state index in [-0.39, 0.29) is 11.4 Å². The van der Waals surface area contributed by atoms with Gasteiger partial charge in [0, 0.05) is 15.7 Å². The third kappa shape index (κ3) is 3.67. The Bertz CT molecular complexity index is 587. The van der Waals surface area contributed by atoms with Crippen LogP contribution in [0, 0.1) is 0 Å². The third-order valence-corrected chi connectivity index (χ3v) is 3.08. The van der Waals surface area contributed by atoms with E-state index >= 15 is 0 Å². The van der Waals surface area contributed by atoms with Crippen molar-refractivity contribution in [2.75, 3.05) is 5.32 Å². The second-order valence-electron chi connectivity index (χ2n) is 3.96. The number of anilines is 1. The molecule has 2 rings (SSSR count). The largest absolute Gasteiger partial charge is 0.488 e. The fraction of sp³-hybridized carbons (Fsp3) is 0. The summed E-state index contributed by atoms with van der Waals surface area (Å²) < 4.78 is 0.927. The number of hydrogen-bond acceptors (Lipinski definition) is 3. The number of benzene rings is 2. The summed E-state index contributed by atoms with van der Waals surface area (Å²) >= 11 is 3.31. The van der Waals surface area contributed by atoms with Crippen molar-refractivity contribution in [3.8, 4) is 0 Å². The van der Waals surface area contributed by atoms with E-state index in [4.69, 9.17) is 10.0 Å². The van der Waals surface area contributed by atoms with Gasteiger partial charge in [-0.3, -0.25) is 4.79 Å². The molecular weight excluding hydrogens is 309 g/mol. The Labute approximate surface area is 119 Å². The minimum absolute atomic E-state index is 0.281. The van der Waals surface area contributed by atoms with Gasteiger partial charge in [-0.1, -0.05) is 28.1 Å². The van der Waals surface area contributed by atoms with Gasteiger partial charge in [-0.15, -0.1) is 0 Å². The van der Waals surface area contributed by atoms with E-state index in [1.165, 1.54) is 6.07 Å². The Balaban J connectivity index is 2.15. The molecule has 0 aliphatic carbocycles. The molecule has 4 nitrogen and oxygen atoms in total. The fourth-order valence-corrected chi connectivity index (χ4v) is 1.84. The average Bonchev–Trinajstić information content (AvgIpc) is 2.41. The highest BCUT2D eigenvalue weighted by Crippen LogP contribution is 2.14. The lowest BCUT2D eigenvalue weighted by atomic mass is 9.79. The molecule has 2 aromatic carbocycles. The molecule has 6 heteroatoms.